The summed E-state index contributed by atoms with van der Waals surface area (Å²) >= 11 is 0. The van der Waals surface area contributed by atoms with Gasteiger partial charge in [-0.15, -0.1) is 0 Å². The number of unbranched alkanes of at least 4 members (excludes halogenated alkanes) is 6. The molecule has 1 unspecified atom stereocenters. The first kappa shape index (κ1) is 20.2. The summed E-state index contributed by atoms with van der Waals surface area (Å²) < 4.78 is 5.11. The SMILES string of the molecule is OCCCCCCCCCc1c(CCO)cccc1OOCC1CO1. The van der Waals surface area contributed by atoms with E-state index in [9.17, 15) is 5.11 Å². The van der Waals surface area contributed by atoms with E-state index in [0.29, 0.717) is 19.6 Å². The number of rotatable bonds is 15. The van der Waals surface area contributed by atoms with Crippen LogP contribution < -0.4 is 4.89 Å². The number of benzene rings is 1. The first-order chi connectivity index (χ1) is 12.3. The van der Waals surface area contributed by atoms with Crippen LogP contribution in [0.15, 0.2) is 18.2 Å². The molecule has 1 atom stereocenters. The Bertz CT molecular complexity index is 473. The third-order valence-electron chi connectivity index (χ3n) is 4.50. The van der Waals surface area contributed by atoms with Crippen molar-refractivity contribution < 1.29 is 24.7 Å². The number of hydrogen-bond donors (Lipinski definition) is 2. The van der Waals surface area contributed by atoms with Crippen LogP contribution in [0.4, 0.5) is 0 Å². The monoisotopic (exact) mass is 352 g/mol. The van der Waals surface area contributed by atoms with Gasteiger partial charge in [0.2, 0.25) is 0 Å². The molecule has 2 rings (SSSR count). The van der Waals surface area contributed by atoms with E-state index in [-0.39, 0.29) is 12.7 Å². The molecule has 0 spiro atoms. The van der Waals surface area contributed by atoms with Gasteiger partial charge in [0.25, 0.3) is 0 Å². The Hall–Kier alpha value is -1.14. The van der Waals surface area contributed by atoms with Gasteiger partial charge in [-0.2, -0.15) is 4.89 Å². The third-order valence-corrected chi connectivity index (χ3v) is 4.50. The molecular weight excluding hydrogens is 320 g/mol. The molecule has 1 aliphatic heterocycles. The van der Waals surface area contributed by atoms with Gasteiger partial charge in [-0.05, 0) is 37.3 Å². The van der Waals surface area contributed by atoms with E-state index in [2.05, 4.69) is 6.07 Å². The number of aliphatic hydroxyl groups excluding tert-OH is 2. The summed E-state index contributed by atoms with van der Waals surface area (Å²) in [6, 6.07) is 5.93. The van der Waals surface area contributed by atoms with Gasteiger partial charge in [-0.25, -0.2) is 0 Å². The molecule has 0 bridgehead atoms. The van der Waals surface area contributed by atoms with Crippen LogP contribution in [-0.4, -0.2) is 42.7 Å². The normalized spacial score (nSPS) is 16.2. The van der Waals surface area contributed by atoms with Gasteiger partial charge in [-0.3, -0.25) is 0 Å². The predicted molar refractivity (Wildman–Crippen MR) is 96.7 cm³/mol. The Morgan fingerprint density at radius 3 is 2.32 bits per heavy atom. The standard InChI is InChI=1S/C20H32O5/c21-13-7-5-3-1-2-4-6-10-19-17(12-14-22)9-8-11-20(19)25-24-16-18-15-23-18/h8-9,11,18,21-22H,1-7,10,12-16H2. The van der Waals surface area contributed by atoms with Crippen molar-refractivity contribution in [3.63, 3.8) is 0 Å². The molecule has 5 heteroatoms. The maximum Gasteiger partial charge on any atom is 0.168 e. The van der Waals surface area contributed by atoms with Crippen molar-refractivity contribution in [3.8, 4) is 5.75 Å². The topological polar surface area (TPSA) is 71.5 Å². The van der Waals surface area contributed by atoms with Gasteiger partial charge < -0.3 is 19.8 Å². The molecule has 1 aromatic rings. The highest BCUT2D eigenvalue weighted by Gasteiger charge is 2.23. The van der Waals surface area contributed by atoms with Gasteiger partial charge in [0, 0.05) is 18.8 Å². The lowest BCUT2D eigenvalue weighted by Crippen LogP contribution is -2.08. The summed E-state index contributed by atoms with van der Waals surface area (Å²) in [5.74, 6) is 0.759. The molecule has 0 saturated carbocycles. The molecule has 0 radical (unpaired) electrons. The Morgan fingerprint density at radius 2 is 1.64 bits per heavy atom. The van der Waals surface area contributed by atoms with E-state index in [4.69, 9.17) is 19.6 Å². The van der Waals surface area contributed by atoms with Crippen LogP contribution in [-0.2, 0) is 22.5 Å². The highest BCUT2D eigenvalue weighted by atomic mass is 17.2. The lowest BCUT2D eigenvalue weighted by Gasteiger charge is -2.14. The summed E-state index contributed by atoms with van der Waals surface area (Å²) in [6.45, 7) is 1.65. The molecule has 1 aliphatic rings. The van der Waals surface area contributed by atoms with E-state index in [1.54, 1.807) is 0 Å². The maximum absolute atomic E-state index is 9.30. The van der Waals surface area contributed by atoms with E-state index in [1.165, 1.54) is 25.7 Å². The molecule has 25 heavy (non-hydrogen) atoms. The quantitative estimate of drug-likeness (QED) is 0.219. The highest BCUT2D eigenvalue weighted by Crippen LogP contribution is 2.26. The largest absolute Gasteiger partial charge is 0.396 e. The molecule has 1 saturated heterocycles. The summed E-state index contributed by atoms with van der Waals surface area (Å²) in [7, 11) is 0. The maximum atomic E-state index is 9.30. The smallest absolute Gasteiger partial charge is 0.168 e. The second-order valence-electron chi connectivity index (χ2n) is 6.64. The molecule has 1 fully saturated rings. The zero-order valence-corrected chi connectivity index (χ0v) is 15.1. The Kier molecular flexibility index (Phi) is 9.89. The lowest BCUT2D eigenvalue weighted by atomic mass is 9.97. The van der Waals surface area contributed by atoms with Crippen LogP contribution in [0.5, 0.6) is 5.75 Å². The fraction of sp³-hybridized carbons (Fsp3) is 0.700. The second kappa shape index (κ2) is 12.3. The second-order valence-corrected chi connectivity index (χ2v) is 6.64. The lowest BCUT2D eigenvalue weighted by molar-refractivity contribution is -0.210. The van der Waals surface area contributed by atoms with Crippen LogP contribution >= 0.6 is 0 Å². The van der Waals surface area contributed by atoms with Gasteiger partial charge in [0.1, 0.15) is 12.7 Å². The fourth-order valence-corrected chi connectivity index (χ4v) is 2.96. The molecule has 1 aromatic carbocycles. The van der Waals surface area contributed by atoms with Gasteiger partial charge in [-0.1, -0.05) is 44.2 Å². The minimum atomic E-state index is 0.137. The number of hydrogen-bond acceptors (Lipinski definition) is 5. The van der Waals surface area contributed by atoms with Gasteiger partial charge in [0.15, 0.2) is 5.75 Å². The first-order valence-corrected chi connectivity index (χ1v) is 9.58. The molecule has 0 amide bonds. The van der Waals surface area contributed by atoms with E-state index in [0.717, 1.165) is 49.2 Å². The third kappa shape index (κ3) is 8.19. The molecule has 1 heterocycles. The van der Waals surface area contributed by atoms with E-state index >= 15 is 0 Å². The van der Waals surface area contributed by atoms with E-state index in [1.807, 2.05) is 12.1 Å². The van der Waals surface area contributed by atoms with Crippen molar-refractivity contribution in [2.45, 2.75) is 63.9 Å². The van der Waals surface area contributed by atoms with Crippen molar-refractivity contribution in [1.82, 2.24) is 0 Å². The number of aliphatic hydroxyl groups is 2. The average molecular weight is 352 g/mol. The summed E-state index contributed by atoms with van der Waals surface area (Å²) in [4.78, 5) is 10.8. The summed E-state index contributed by atoms with van der Waals surface area (Å²) in [6.07, 6.45) is 9.73. The Balaban J connectivity index is 1.76. The zero-order valence-electron chi connectivity index (χ0n) is 15.1. The van der Waals surface area contributed by atoms with Crippen molar-refractivity contribution in [2.75, 3.05) is 26.4 Å². The Morgan fingerprint density at radius 1 is 0.920 bits per heavy atom. The van der Waals surface area contributed by atoms with Crippen LogP contribution in [0.25, 0.3) is 0 Å². The molecule has 5 nitrogen and oxygen atoms in total. The van der Waals surface area contributed by atoms with Crippen LogP contribution in [0.3, 0.4) is 0 Å². The van der Waals surface area contributed by atoms with Crippen molar-refractivity contribution in [2.24, 2.45) is 0 Å². The highest BCUT2D eigenvalue weighted by molar-refractivity contribution is 5.40. The fourth-order valence-electron chi connectivity index (χ4n) is 2.96. The van der Waals surface area contributed by atoms with Gasteiger partial charge in [0.05, 0.1) is 6.61 Å². The molecule has 0 aliphatic carbocycles. The van der Waals surface area contributed by atoms with E-state index < -0.39 is 0 Å². The van der Waals surface area contributed by atoms with Crippen LogP contribution in [0, 0.1) is 0 Å². The zero-order chi connectivity index (χ0) is 17.7. The molecular formula is C20H32O5. The molecule has 0 aromatic heterocycles. The van der Waals surface area contributed by atoms with Crippen molar-refractivity contribution >= 4 is 0 Å². The summed E-state index contributed by atoms with van der Waals surface area (Å²) in [5.41, 5.74) is 2.28. The predicted octanol–water partition coefficient (Wildman–Crippen LogP) is 3.20. The average Bonchev–Trinajstić information content (AvgIpc) is 3.43. The number of ether oxygens (including phenoxy) is 1. The molecule has 142 valence electrons. The minimum Gasteiger partial charge on any atom is -0.396 e. The Labute approximate surface area is 150 Å². The molecule has 2 N–H and O–H groups in total. The van der Waals surface area contributed by atoms with Crippen molar-refractivity contribution in [1.29, 1.82) is 0 Å². The van der Waals surface area contributed by atoms with Crippen LogP contribution in [0.2, 0.25) is 0 Å². The first-order valence-electron chi connectivity index (χ1n) is 9.58. The number of epoxide rings is 1. The summed E-state index contributed by atoms with van der Waals surface area (Å²) in [5, 5.41) is 18.1. The van der Waals surface area contributed by atoms with Crippen molar-refractivity contribution in [3.05, 3.63) is 29.3 Å². The van der Waals surface area contributed by atoms with Gasteiger partial charge >= 0.3 is 0 Å². The minimum absolute atomic E-state index is 0.137. The van der Waals surface area contributed by atoms with Crippen LogP contribution in [0.1, 0.15) is 56.1 Å².